The zero-order chi connectivity index (χ0) is 23.8. The minimum Gasteiger partial charge on any atom is -0.337 e. The van der Waals surface area contributed by atoms with Crippen molar-refractivity contribution in [1.82, 2.24) is 34.3 Å². The molecule has 5 heterocycles. The summed E-state index contributed by atoms with van der Waals surface area (Å²) in [7, 11) is 1.87. The van der Waals surface area contributed by atoms with Crippen molar-refractivity contribution in [3.8, 4) is 28.3 Å². The molecular weight excluding hydrogens is 430 g/mol. The number of aromatic nitrogens is 6. The number of fused-ring (bicyclic) bond motifs is 1. The second-order valence-electron chi connectivity index (χ2n) is 8.34. The van der Waals surface area contributed by atoms with Gasteiger partial charge in [0, 0.05) is 85.8 Å². The Kier molecular flexibility index (Phi) is 5.30. The number of amides is 1. The highest BCUT2D eigenvalue weighted by molar-refractivity contribution is 5.92. The minimum absolute atomic E-state index is 0.0115. The van der Waals surface area contributed by atoms with Crippen molar-refractivity contribution in [2.24, 2.45) is 7.05 Å². The Balaban J connectivity index is 1.46. The molecule has 1 amide bonds. The first-order valence-electron chi connectivity index (χ1n) is 10.9. The molecule has 0 aliphatic carbocycles. The first-order valence-corrected chi connectivity index (χ1v) is 10.9. The van der Waals surface area contributed by atoms with Crippen LogP contribution in [0.1, 0.15) is 12.5 Å². The van der Waals surface area contributed by atoms with Crippen molar-refractivity contribution >= 4 is 17.4 Å². The predicted molar refractivity (Wildman–Crippen MR) is 127 cm³/mol. The number of carbonyl (C=O) groups excluding carboxylic acids is 1. The average Bonchev–Trinajstić information content (AvgIpc) is 3.49. The monoisotopic (exact) mass is 453 g/mol. The van der Waals surface area contributed by atoms with Gasteiger partial charge in [-0.3, -0.25) is 9.48 Å². The fourth-order valence-electron chi connectivity index (χ4n) is 4.15. The molecule has 0 aromatic carbocycles. The van der Waals surface area contributed by atoms with Crippen LogP contribution in [0.25, 0.3) is 27.8 Å². The Morgan fingerprint density at radius 3 is 2.35 bits per heavy atom. The molecule has 10 heteroatoms. The molecule has 4 aromatic heterocycles. The summed E-state index contributed by atoms with van der Waals surface area (Å²) < 4.78 is 3.45. The van der Waals surface area contributed by atoms with Crippen LogP contribution in [0, 0.1) is 11.3 Å². The normalized spacial score (nSPS) is 13.8. The molecule has 0 N–H and O–H groups in total. The molecule has 0 atom stereocenters. The van der Waals surface area contributed by atoms with Gasteiger partial charge in [-0.1, -0.05) is 6.58 Å². The van der Waals surface area contributed by atoms with Gasteiger partial charge >= 0.3 is 0 Å². The Bertz CT molecular complexity index is 1430. The smallest absolute Gasteiger partial charge is 0.249 e. The number of pyridine rings is 1. The van der Waals surface area contributed by atoms with Crippen LogP contribution in [0.3, 0.4) is 0 Å². The van der Waals surface area contributed by atoms with Crippen LogP contribution in [0.4, 0.5) is 5.95 Å². The van der Waals surface area contributed by atoms with Crippen molar-refractivity contribution in [2.75, 3.05) is 31.1 Å². The minimum atomic E-state index is -0.0115. The van der Waals surface area contributed by atoms with E-state index in [1.54, 1.807) is 45.8 Å². The second-order valence-corrected chi connectivity index (χ2v) is 8.34. The first-order chi connectivity index (χ1) is 16.4. The van der Waals surface area contributed by atoms with Crippen molar-refractivity contribution < 1.29 is 4.79 Å². The van der Waals surface area contributed by atoms with E-state index in [0.717, 1.165) is 22.3 Å². The van der Waals surface area contributed by atoms with Crippen LogP contribution in [0.5, 0.6) is 0 Å². The Hall–Kier alpha value is -4.52. The van der Waals surface area contributed by atoms with Crippen molar-refractivity contribution in [3.05, 3.63) is 61.0 Å². The van der Waals surface area contributed by atoms with Gasteiger partial charge in [-0.15, -0.1) is 0 Å². The number of carbonyl (C=O) groups is 1. The largest absolute Gasteiger partial charge is 0.337 e. The molecule has 0 unspecified atom stereocenters. The molecular formula is C24H23N9O. The maximum absolute atomic E-state index is 12.2. The molecule has 5 rings (SSSR count). The first kappa shape index (κ1) is 21.3. The molecule has 0 saturated carbocycles. The zero-order valence-electron chi connectivity index (χ0n) is 19.0. The van der Waals surface area contributed by atoms with Gasteiger partial charge in [0.15, 0.2) is 0 Å². The molecule has 1 aliphatic heterocycles. The third-order valence-corrected chi connectivity index (χ3v) is 5.93. The lowest BCUT2D eigenvalue weighted by Crippen LogP contribution is -2.49. The van der Waals surface area contributed by atoms with E-state index >= 15 is 0 Å². The number of anilines is 1. The number of nitrogens with zero attached hydrogens (tertiary/aromatic N) is 9. The van der Waals surface area contributed by atoms with Crippen LogP contribution in [-0.2, 0) is 11.8 Å². The van der Waals surface area contributed by atoms with E-state index in [2.05, 4.69) is 37.7 Å². The number of aryl methyl sites for hydroxylation is 1. The van der Waals surface area contributed by atoms with Crippen LogP contribution in [0.15, 0.2) is 55.4 Å². The van der Waals surface area contributed by atoms with Gasteiger partial charge in [0.2, 0.25) is 11.9 Å². The van der Waals surface area contributed by atoms with Crippen molar-refractivity contribution in [2.45, 2.75) is 6.92 Å². The predicted octanol–water partition coefficient (Wildman–Crippen LogP) is 2.29. The lowest BCUT2D eigenvalue weighted by Gasteiger charge is -2.34. The zero-order valence-corrected chi connectivity index (χ0v) is 19.0. The lowest BCUT2D eigenvalue weighted by molar-refractivity contribution is -0.127. The van der Waals surface area contributed by atoms with Crippen LogP contribution < -0.4 is 4.90 Å². The quantitative estimate of drug-likeness (QED) is 0.436. The molecule has 0 radical (unpaired) electrons. The van der Waals surface area contributed by atoms with Gasteiger partial charge in [0.05, 0.1) is 23.5 Å². The number of hydrogen-bond acceptors (Lipinski definition) is 7. The third kappa shape index (κ3) is 3.77. The van der Waals surface area contributed by atoms with Gasteiger partial charge in [-0.05, 0) is 13.0 Å². The Morgan fingerprint density at radius 2 is 1.74 bits per heavy atom. The standard InChI is InChI=1S/C24H23N9O/c1-16(2)23(34)31-4-6-32(7-5-31)24-26-10-19(11-27-24)21-8-17(20-13-28-30(3)14-20)15-33-22(21)18(9-25)12-29-33/h8,10-15H,1,4-7H2,2-3H3. The fourth-order valence-corrected chi connectivity index (χ4v) is 4.15. The molecule has 34 heavy (non-hydrogen) atoms. The van der Waals surface area contributed by atoms with Gasteiger partial charge in [-0.2, -0.15) is 15.5 Å². The van der Waals surface area contributed by atoms with E-state index in [4.69, 9.17) is 0 Å². The molecule has 1 aliphatic rings. The summed E-state index contributed by atoms with van der Waals surface area (Å²) in [5.74, 6) is 0.599. The van der Waals surface area contributed by atoms with Crippen molar-refractivity contribution in [3.63, 3.8) is 0 Å². The maximum Gasteiger partial charge on any atom is 0.249 e. The van der Waals surface area contributed by atoms with E-state index < -0.39 is 0 Å². The van der Waals surface area contributed by atoms with Crippen LogP contribution in [-0.4, -0.2) is 66.3 Å². The van der Waals surface area contributed by atoms with Crippen LogP contribution in [0.2, 0.25) is 0 Å². The van der Waals surface area contributed by atoms with E-state index in [-0.39, 0.29) is 5.91 Å². The van der Waals surface area contributed by atoms with E-state index in [1.165, 1.54) is 0 Å². The highest BCUT2D eigenvalue weighted by atomic mass is 16.2. The number of rotatable bonds is 4. The second kappa shape index (κ2) is 8.44. The summed E-state index contributed by atoms with van der Waals surface area (Å²) in [6.45, 7) is 7.99. The summed E-state index contributed by atoms with van der Waals surface area (Å²) >= 11 is 0. The van der Waals surface area contributed by atoms with E-state index in [1.807, 2.05) is 25.5 Å². The summed E-state index contributed by atoms with van der Waals surface area (Å²) in [6, 6.07) is 4.23. The van der Waals surface area contributed by atoms with E-state index in [0.29, 0.717) is 48.8 Å². The summed E-state index contributed by atoms with van der Waals surface area (Å²) in [5, 5.41) is 18.2. The Morgan fingerprint density at radius 1 is 1.00 bits per heavy atom. The topological polar surface area (TPSA) is 108 Å². The van der Waals surface area contributed by atoms with Gasteiger partial charge in [-0.25, -0.2) is 14.5 Å². The molecule has 170 valence electrons. The molecule has 10 nitrogen and oxygen atoms in total. The Labute approximate surface area is 196 Å². The fraction of sp³-hybridized carbons (Fsp3) is 0.250. The number of piperazine rings is 1. The van der Waals surface area contributed by atoms with Crippen molar-refractivity contribution in [1.29, 1.82) is 5.26 Å². The molecule has 4 aromatic rings. The van der Waals surface area contributed by atoms with E-state index in [9.17, 15) is 10.1 Å². The number of hydrogen-bond donors (Lipinski definition) is 0. The maximum atomic E-state index is 12.2. The highest BCUT2D eigenvalue weighted by Crippen LogP contribution is 2.31. The number of nitriles is 1. The van der Waals surface area contributed by atoms with Gasteiger partial charge in [0.1, 0.15) is 6.07 Å². The summed E-state index contributed by atoms with van der Waals surface area (Å²) in [4.78, 5) is 25.2. The molecule has 1 saturated heterocycles. The molecule has 0 bridgehead atoms. The lowest BCUT2D eigenvalue weighted by atomic mass is 10.0. The summed E-state index contributed by atoms with van der Waals surface area (Å²) in [6.07, 6.45) is 10.7. The SMILES string of the molecule is C=C(C)C(=O)N1CCN(c2ncc(-c3cc(-c4cnn(C)c4)cn4ncc(C#N)c34)cn2)CC1. The third-order valence-electron chi connectivity index (χ3n) is 5.93. The van der Waals surface area contributed by atoms with Gasteiger partial charge < -0.3 is 9.80 Å². The molecule has 0 spiro atoms. The van der Waals surface area contributed by atoms with Gasteiger partial charge in [0.25, 0.3) is 0 Å². The highest BCUT2D eigenvalue weighted by Gasteiger charge is 2.23. The van der Waals surface area contributed by atoms with Crippen LogP contribution >= 0.6 is 0 Å². The average molecular weight is 454 g/mol. The summed E-state index contributed by atoms with van der Waals surface area (Å²) in [5.41, 5.74) is 5.20. The molecule has 1 fully saturated rings.